The number of nitrogens with zero attached hydrogens (tertiary/aromatic N) is 1. The molecule has 0 saturated carbocycles. The van der Waals surface area contributed by atoms with Gasteiger partial charge in [0.1, 0.15) is 17.6 Å². The lowest BCUT2D eigenvalue weighted by Crippen LogP contribution is -2.62. The average Bonchev–Trinajstić information content (AvgIpc) is 2.68. The third-order valence-corrected chi connectivity index (χ3v) is 4.92. The fourth-order valence-corrected chi connectivity index (χ4v) is 3.59. The number of methoxy groups -OCH3 is 1. The first kappa shape index (κ1) is 18.4. The first-order valence-corrected chi connectivity index (χ1v) is 8.35. The summed E-state index contributed by atoms with van der Waals surface area (Å²) in [5.41, 5.74) is 4.41. The number of carbonyl (C=O) groups excluding carboxylic acids is 2. The lowest BCUT2D eigenvalue weighted by Gasteiger charge is -2.44. The molecule has 1 fully saturated rings. The van der Waals surface area contributed by atoms with Gasteiger partial charge >= 0.3 is 0 Å². The van der Waals surface area contributed by atoms with Gasteiger partial charge in [-0.05, 0) is 17.7 Å². The minimum Gasteiger partial charge on any atom is -0.497 e. The largest absolute Gasteiger partial charge is 0.497 e. The van der Waals surface area contributed by atoms with Gasteiger partial charge in [-0.25, -0.2) is 0 Å². The summed E-state index contributed by atoms with van der Waals surface area (Å²) in [6.07, 6.45) is 0. The molecular weight excluding hydrogens is 346 g/mol. The van der Waals surface area contributed by atoms with Crippen LogP contribution in [0.4, 0.5) is 0 Å². The highest BCUT2D eigenvalue weighted by Crippen LogP contribution is 2.45. The maximum absolute atomic E-state index is 12.7. The van der Waals surface area contributed by atoms with Crippen LogP contribution in [-0.4, -0.2) is 24.0 Å². The van der Waals surface area contributed by atoms with Gasteiger partial charge < -0.3 is 20.9 Å². The number of hydrogen-bond donors (Lipinski definition) is 3. The van der Waals surface area contributed by atoms with Crippen LogP contribution in [0.3, 0.4) is 0 Å². The molecule has 0 aromatic heterocycles. The van der Waals surface area contributed by atoms with E-state index in [1.807, 2.05) is 0 Å². The molecule has 0 aliphatic carbocycles. The molecule has 3 rings (SSSR count). The summed E-state index contributed by atoms with van der Waals surface area (Å²) in [4.78, 5) is 24.7. The van der Waals surface area contributed by atoms with Crippen LogP contribution in [0.5, 0.6) is 5.75 Å². The van der Waals surface area contributed by atoms with Crippen LogP contribution >= 0.6 is 0 Å². The fraction of sp³-hybridized carbons (Fsp3) is 0.250. The maximum Gasteiger partial charge on any atom is 0.235 e. The number of ether oxygens (including phenoxy) is 1. The molecule has 0 bridgehead atoms. The second kappa shape index (κ2) is 7.09. The molecule has 138 valence electrons. The van der Waals surface area contributed by atoms with Gasteiger partial charge in [-0.15, -0.1) is 0 Å². The number of piperidine rings is 1. The van der Waals surface area contributed by atoms with Crippen LogP contribution in [-0.2, 0) is 15.3 Å². The Labute approximate surface area is 156 Å². The Morgan fingerprint density at radius 2 is 1.85 bits per heavy atom. The second-order valence-corrected chi connectivity index (χ2v) is 6.41. The van der Waals surface area contributed by atoms with Crippen molar-refractivity contribution in [1.29, 1.82) is 5.26 Å². The molecule has 1 aliphatic rings. The van der Waals surface area contributed by atoms with E-state index in [4.69, 9.17) is 10.5 Å². The number of primary amides is 1. The molecule has 2 amide bonds. The molecule has 2 aromatic rings. The third kappa shape index (κ3) is 3.11. The lowest BCUT2D eigenvalue weighted by atomic mass is 9.67. The number of nitriles is 1. The lowest BCUT2D eigenvalue weighted by molar-refractivity contribution is -0.153. The average molecular weight is 365 g/mol. The minimum atomic E-state index is -1.95. The van der Waals surface area contributed by atoms with Gasteiger partial charge in [0.25, 0.3) is 0 Å². The predicted octanol–water partition coefficient (Wildman–Crippen LogP) is 0.995. The number of carbonyl (C=O) groups is 2. The van der Waals surface area contributed by atoms with Gasteiger partial charge in [-0.2, -0.15) is 5.26 Å². The Balaban J connectivity index is 2.16. The highest BCUT2D eigenvalue weighted by molar-refractivity contribution is 6.01. The van der Waals surface area contributed by atoms with Gasteiger partial charge in [0.2, 0.25) is 11.8 Å². The number of aliphatic hydroxyl groups is 1. The highest BCUT2D eigenvalue weighted by Gasteiger charge is 2.55. The minimum absolute atomic E-state index is 0.353. The van der Waals surface area contributed by atoms with Crippen molar-refractivity contribution in [2.24, 2.45) is 17.6 Å². The molecule has 1 aliphatic heterocycles. The Morgan fingerprint density at radius 3 is 2.37 bits per heavy atom. The van der Waals surface area contributed by atoms with Crippen molar-refractivity contribution in [2.75, 3.05) is 7.11 Å². The highest BCUT2D eigenvalue weighted by atomic mass is 16.5. The van der Waals surface area contributed by atoms with Crippen LogP contribution in [0.15, 0.2) is 54.6 Å². The van der Waals surface area contributed by atoms with Crippen molar-refractivity contribution in [3.05, 3.63) is 65.7 Å². The monoisotopic (exact) mass is 365 g/mol. The topological polar surface area (TPSA) is 125 Å². The zero-order valence-corrected chi connectivity index (χ0v) is 14.6. The van der Waals surface area contributed by atoms with E-state index >= 15 is 0 Å². The van der Waals surface area contributed by atoms with Crippen molar-refractivity contribution in [2.45, 2.75) is 11.6 Å². The summed E-state index contributed by atoms with van der Waals surface area (Å²) in [5.74, 6) is -4.33. The van der Waals surface area contributed by atoms with E-state index in [2.05, 4.69) is 11.4 Å². The Hall–Kier alpha value is -3.37. The van der Waals surface area contributed by atoms with Gasteiger partial charge in [0, 0.05) is 11.5 Å². The molecule has 27 heavy (non-hydrogen) atoms. The van der Waals surface area contributed by atoms with E-state index in [0.29, 0.717) is 16.9 Å². The molecule has 4 N–H and O–H groups in total. The quantitative estimate of drug-likeness (QED) is 0.697. The van der Waals surface area contributed by atoms with Crippen molar-refractivity contribution >= 4 is 11.8 Å². The van der Waals surface area contributed by atoms with Crippen LogP contribution in [0.25, 0.3) is 0 Å². The van der Waals surface area contributed by atoms with Crippen LogP contribution in [0, 0.1) is 23.2 Å². The summed E-state index contributed by atoms with van der Waals surface area (Å²) in [6.45, 7) is 0. The Bertz CT molecular complexity index is 892. The Morgan fingerprint density at radius 1 is 1.22 bits per heavy atom. The summed E-state index contributed by atoms with van der Waals surface area (Å²) < 4.78 is 5.13. The van der Waals surface area contributed by atoms with Gasteiger partial charge in [-0.1, -0.05) is 42.5 Å². The molecular formula is C20H19N3O4. The molecule has 0 spiro atoms. The van der Waals surface area contributed by atoms with Gasteiger partial charge in [-0.3, -0.25) is 9.59 Å². The van der Waals surface area contributed by atoms with Crippen molar-refractivity contribution in [3.8, 4) is 11.8 Å². The first-order chi connectivity index (χ1) is 12.9. The summed E-state index contributed by atoms with van der Waals surface area (Å²) in [6, 6.07) is 17.1. The number of hydrogen-bond acceptors (Lipinski definition) is 5. The zero-order chi connectivity index (χ0) is 19.6. The standard InChI is InChI=1S/C20H19N3O4/c1-27-14-9-7-12(8-10-14)16-15(11-21)20(26,13-5-3-2-4-6-13)23-19(25)17(16)18(22)24/h2-10,15-17,26H,1H3,(H2,22,24)(H,23,25)/t15-,16-,17+,20-/m1/s1. The molecule has 7 nitrogen and oxygen atoms in total. The van der Waals surface area contributed by atoms with E-state index in [0.717, 1.165) is 0 Å². The summed E-state index contributed by atoms with van der Waals surface area (Å²) >= 11 is 0. The molecule has 7 heteroatoms. The van der Waals surface area contributed by atoms with Crippen molar-refractivity contribution in [3.63, 3.8) is 0 Å². The SMILES string of the molecule is COc1ccc([C@H]2[C@@H](C(N)=O)C(=O)N[C@@](O)(c3ccccc3)[C@@H]2C#N)cc1. The normalized spacial score (nSPS) is 27.3. The predicted molar refractivity (Wildman–Crippen MR) is 96.0 cm³/mol. The van der Waals surface area contributed by atoms with E-state index in [1.165, 1.54) is 7.11 Å². The van der Waals surface area contributed by atoms with Gasteiger partial charge in [0.05, 0.1) is 13.2 Å². The Kier molecular flexibility index (Phi) is 4.84. The first-order valence-electron chi connectivity index (χ1n) is 8.35. The number of nitrogens with one attached hydrogen (secondary N) is 1. The number of rotatable bonds is 4. The van der Waals surface area contributed by atoms with E-state index < -0.39 is 35.3 Å². The van der Waals surface area contributed by atoms with Gasteiger partial charge in [0.15, 0.2) is 5.72 Å². The molecule has 0 unspecified atom stereocenters. The van der Waals surface area contributed by atoms with Crippen molar-refractivity contribution in [1.82, 2.24) is 5.32 Å². The van der Waals surface area contributed by atoms with E-state index in [9.17, 15) is 20.0 Å². The second-order valence-electron chi connectivity index (χ2n) is 6.41. The van der Waals surface area contributed by atoms with Crippen LogP contribution in [0.1, 0.15) is 17.0 Å². The molecule has 4 atom stereocenters. The van der Waals surface area contributed by atoms with E-state index in [-0.39, 0.29) is 0 Å². The van der Waals surface area contributed by atoms with E-state index in [1.54, 1.807) is 54.6 Å². The number of amides is 2. The summed E-state index contributed by atoms with van der Waals surface area (Å²) in [5, 5.41) is 23.6. The number of benzene rings is 2. The number of nitrogens with two attached hydrogens (primary N) is 1. The zero-order valence-electron chi connectivity index (χ0n) is 14.6. The smallest absolute Gasteiger partial charge is 0.235 e. The molecule has 2 aromatic carbocycles. The third-order valence-electron chi connectivity index (χ3n) is 4.92. The fourth-order valence-electron chi connectivity index (χ4n) is 3.59. The van der Waals surface area contributed by atoms with Crippen LogP contribution < -0.4 is 15.8 Å². The molecule has 1 saturated heterocycles. The van der Waals surface area contributed by atoms with Crippen molar-refractivity contribution < 1.29 is 19.4 Å². The molecule has 0 radical (unpaired) electrons. The summed E-state index contributed by atoms with van der Waals surface area (Å²) in [7, 11) is 1.52. The maximum atomic E-state index is 12.7. The van der Waals surface area contributed by atoms with Crippen LogP contribution in [0.2, 0.25) is 0 Å². The molecule has 1 heterocycles.